The highest BCUT2D eigenvalue weighted by molar-refractivity contribution is 6.06. The van der Waals surface area contributed by atoms with E-state index in [9.17, 15) is 32.3 Å². The number of carbonyl (C=O) groups is 1. The van der Waals surface area contributed by atoms with Crippen LogP contribution in [0.15, 0.2) is 17.1 Å². The van der Waals surface area contributed by atoms with Crippen LogP contribution in [-0.2, 0) is 13.2 Å². The van der Waals surface area contributed by atoms with Gasteiger partial charge in [0.25, 0.3) is 5.91 Å². The molecule has 16 heteroatoms. The van der Waals surface area contributed by atoms with E-state index >= 15 is 0 Å². The number of carbonyl (C=O) groups excluding carboxylic acids is 1. The van der Waals surface area contributed by atoms with Crippen LogP contribution in [0.1, 0.15) is 35.7 Å². The van der Waals surface area contributed by atoms with Crippen LogP contribution in [0.25, 0.3) is 5.82 Å². The van der Waals surface area contributed by atoms with Crippen molar-refractivity contribution in [2.24, 2.45) is 0 Å². The van der Waals surface area contributed by atoms with Gasteiger partial charge in [-0.25, -0.2) is 9.18 Å². The van der Waals surface area contributed by atoms with Gasteiger partial charge in [0.15, 0.2) is 29.3 Å². The summed E-state index contributed by atoms with van der Waals surface area (Å²) in [7, 11) is 0. The molecule has 0 fully saturated rings. The fraction of sp³-hybridized carbons (Fsp3) is 0.333. The average molecular weight is 484 g/mol. The zero-order valence-corrected chi connectivity index (χ0v) is 17.5. The lowest BCUT2D eigenvalue weighted by molar-refractivity contribution is -0.190. The zero-order valence-electron chi connectivity index (χ0n) is 17.5. The topological polar surface area (TPSA) is 164 Å². The minimum atomic E-state index is -4.87. The summed E-state index contributed by atoms with van der Waals surface area (Å²) in [5.41, 5.74) is -2.05. The summed E-state index contributed by atoms with van der Waals surface area (Å²) >= 11 is 0. The van der Waals surface area contributed by atoms with E-state index in [1.807, 2.05) is 0 Å². The van der Waals surface area contributed by atoms with Gasteiger partial charge in [-0.1, -0.05) is 0 Å². The van der Waals surface area contributed by atoms with Crippen molar-refractivity contribution in [3.63, 3.8) is 0 Å². The number of hydrogen-bond acceptors (Lipinski definition) is 8. The van der Waals surface area contributed by atoms with E-state index in [0.717, 1.165) is 10.8 Å². The molecule has 1 amide bonds. The van der Waals surface area contributed by atoms with E-state index in [0.29, 0.717) is 17.7 Å². The Morgan fingerprint density at radius 2 is 2.15 bits per heavy atom. The molecule has 180 valence electrons. The molecule has 34 heavy (non-hydrogen) atoms. The van der Waals surface area contributed by atoms with Crippen LogP contribution in [0.5, 0.6) is 5.88 Å². The summed E-state index contributed by atoms with van der Waals surface area (Å²) in [6.07, 6.45) is -6.21. The lowest BCUT2D eigenvalue weighted by Crippen LogP contribution is -2.33. The molecule has 1 atom stereocenters. The number of hydrogen-bond donors (Lipinski definition) is 3. The number of nitrogens with one attached hydrogen (secondary N) is 2. The first-order valence-corrected chi connectivity index (χ1v) is 9.50. The van der Waals surface area contributed by atoms with Crippen LogP contribution in [-0.4, -0.2) is 52.8 Å². The number of ether oxygens (including phenoxy) is 1. The molecule has 0 spiro atoms. The van der Waals surface area contributed by atoms with Gasteiger partial charge in [0.1, 0.15) is 18.2 Å². The van der Waals surface area contributed by atoms with Gasteiger partial charge in [0, 0.05) is 12.7 Å². The van der Waals surface area contributed by atoms with Crippen LogP contribution in [0, 0.1) is 17.1 Å². The Balaban J connectivity index is 2.14. The van der Waals surface area contributed by atoms with Crippen molar-refractivity contribution in [3.05, 3.63) is 45.6 Å². The third-order valence-corrected chi connectivity index (χ3v) is 4.51. The molecule has 0 unspecified atom stereocenters. The molecule has 0 aliphatic rings. The number of anilines is 1. The maximum atomic E-state index is 14.9. The number of aromatic amines is 1. The molecule has 3 heterocycles. The normalized spacial score (nSPS) is 12.3. The molecule has 0 aliphatic heterocycles. The molecule has 0 bridgehead atoms. The molecular formula is C18H16F4N8O4. The van der Waals surface area contributed by atoms with Crippen molar-refractivity contribution in [1.82, 2.24) is 29.5 Å². The number of amides is 1. The van der Waals surface area contributed by atoms with Gasteiger partial charge in [-0.2, -0.15) is 33.2 Å². The first kappa shape index (κ1) is 24.4. The number of nitriles is 1. The van der Waals surface area contributed by atoms with Crippen LogP contribution in [0.4, 0.5) is 23.2 Å². The summed E-state index contributed by atoms with van der Waals surface area (Å²) < 4.78 is 60.5. The first-order valence-electron chi connectivity index (χ1n) is 9.50. The molecule has 3 rings (SSSR count). The predicted octanol–water partition coefficient (Wildman–Crippen LogP) is 1.26. The van der Waals surface area contributed by atoms with Crippen molar-refractivity contribution >= 4 is 11.6 Å². The molecule has 3 N–H and O–H groups in total. The van der Waals surface area contributed by atoms with E-state index in [-0.39, 0.29) is 23.8 Å². The largest absolute Gasteiger partial charge is 0.464 e. The first-order chi connectivity index (χ1) is 16.0. The number of aliphatic hydroxyl groups is 1. The summed E-state index contributed by atoms with van der Waals surface area (Å²) in [5, 5.41) is 30.2. The van der Waals surface area contributed by atoms with Gasteiger partial charge in [0.05, 0.1) is 5.69 Å². The highest BCUT2D eigenvalue weighted by atomic mass is 19.4. The molecule has 0 aliphatic carbocycles. The molecule has 0 aromatic carbocycles. The summed E-state index contributed by atoms with van der Waals surface area (Å²) in [4.78, 5) is 28.9. The van der Waals surface area contributed by atoms with Crippen molar-refractivity contribution in [1.29, 1.82) is 5.26 Å². The summed E-state index contributed by atoms with van der Waals surface area (Å²) in [5.74, 6) is -4.41. The Morgan fingerprint density at radius 1 is 1.44 bits per heavy atom. The van der Waals surface area contributed by atoms with Gasteiger partial charge in [-0.3, -0.25) is 14.5 Å². The van der Waals surface area contributed by atoms with Gasteiger partial charge < -0.3 is 15.2 Å². The summed E-state index contributed by atoms with van der Waals surface area (Å²) in [6, 6.07) is 2.18. The molecule has 0 radical (unpaired) electrons. The SMILES string of the molecule is CCn1c(CO)nn(-c2nc(O[C@@H](C)C(F)(F)F)c(C(=O)Nc3c[nH]nc3C#N)cc2F)c1=O. The number of pyridine rings is 1. The Kier molecular flexibility index (Phi) is 6.68. The van der Waals surface area contributed by atoms with Crippen molar-refractivity contribution < 1.29 is 32.2 Å². The van der Waals surface area contributed by atoms with Gasteiger partial charge in [-0.05, 0) is 19.9 Å². The van der Waals surface area contributed by atoms with E-state index in [2.05, 4.69) is 25.6 Å². The van der Waals surface area contributed by atoms with E-state index in [1.165, 1.54) is 0 Å². The lowest BCUT2D eigenvalue weighted by Gasteiger charge is -2.19. The number of nitrogens with zero attached hydrogens (tertiary/aromatic N) is 6. The highest BCUT2D eigenvalue weighted by Crippen LogP contribution is 2.28. The standard InChI is InChI=1S/C18H16F4N8O4/c1-3-29-13(7-31)28-30(17(29)33)14-10(19)4-9(16(26-14)34-8(2)18(20,21)22)15(32)25-12-6-24-27-11(12)5-23/h4,6,8,31H,3,7H2,1-2H3,(H,24,27)(H,25,32)/t8-/m0/s1. The number of halogens is 4. The molecule has 0 saturated carbocycles. The monoisotopic (exact) mass is 484 g/mol. The predicted molar refractivity (Wildman–Crippen MR) is 105 cm³/mol. The number of H-pyrrole nitrogens is 1. The number of aliphatic hydroxyl groups excluding tert-OH is 1. The number of rotatable bonds is 7. The highest BCUT2D eigenvalue weighted by Gasteiger charge is 2.39. The Bertz CT molecular complexity index is 1320. The molecule has 3 aromatic heterocycles. The van der Waals surface area contributed by atoms with Crippen molar-refractivity contribution in [2.75, 3.05) is 5.32 Å². The average Bonchev–Trinajstić information content (AvgIpc) is 3.36. The Hall–Kier alpha value is -4.26. The fourth-order valence-electron chi connectivity index (χ4n) is 2.77. The molecular weight excluding hydrogens is 468 g/mol. The maximum absolute atomic E-state index is 14.9. The third-order valence-electron chi connectivity index (χ3n) is 4.51. The quantitative estimate of drug-likeness (QED) is 0.422. The minimum Gasteiger partial charge on any atom is -0.464 e. The maximum Gasteiger partial charge on any atom is 0.425 e. The second kappa shape index (κ2) is 9.31. The molecule has 12 nitrogen and oxygen atoms in total. The van der Waals surface area contributed by atoms with Gasteiger partial charge in [-0.15, -0.1) is 5.10 Å². The second-order valence-electron chi connectivity index (χ2n) is 6.67. The number of alkyl halides is 3. The Morgan fingerprint density at radius 3 is 2.71 bits per heavy atom. The lowest BCUT2D eigenvalue weighted by atomic mass is 10.2. The van der Waals surface area contributed by atoms with Crippen LogP contribution >= 0.6 is 0 Å². The van der Waals surface area contributed by atoms with Crippen molar-refractivity contribution in [2.45, 2.75) is 39.3 Å². The van der Waals surface area contributed by atoms with Gasteiger partial charge in [0.2, 0.25) is 5.88 Å². The van der Waals surface area contributed by atoms with E-state index < -0.39 is 53.6 Å². The summed E-state index contributed by atoms with van der Waals surface area (Å²) in [6.45, 7) is 1.56. The second-order valence-corrected chi connectivity index (χ2v) is 6.67. The van der Waals surface area contributed by atoms with Crippen LogP contribution in [0.3, 0.4) is 0 Å². The Labute approximate surface area is 187 Å². The van der Waals surface area contributed by atoms with E-state index in [4.69, 9.17) is 10.00 Å². The molecule has 0 saturated heterocycles. The third kappa shape index (κ3) is 4.59. The van der Waals surface area contributed by atoms with E-state index in [1.54, 1.807) is 13.0 Å². The van der Waals surface area contributed by atoms with Crippen LogP contribution < -0.4 is 15.7 Å². The molecule has 3 aromatic rings. The minimum absolute atomic E-state index is 0.0528. The zero-order chi connectivity index (χ0) is 25.2. The fourth-order valence-corrected chi connectivity index (χ4v) is 2.77. The smallest absolute Gasteiger partial charge is 0.425 e. The van der Waals surface area contributed by atoms with Crippen LogP contribution in [0.2, 0.25) is 0 Å². The van der Waals surface area contributed by atoms with Crippen molar-refractivity contribution in [3.8, 4) is 17.8 Å². The van der Waals surface area contributed by atoms with Gasteiger partial charge >= 0.3 is 11.9 Å². The number of aromatic nitrogens is 6.